The predicted molar refractivity (Wildman–Crippen MR) is 104 cm³/mol. The summed E-state index contributed by atoms with van der Waals surface area (Å²) in [6.45, 7) is 0.247. The summed E-state index contributed by atoms with van der Waals surface area (Å²) < 4.78 is 0. The number of aliphatic hydroxyl groups excluding tert-OH is 1. The first kappa shape index (κ1) is 20.1. The van der Waals surface area contributed by atoms with Crippen molar-refractivity contribution < 1.29 is 19.5 Å². The zero-order valence-corrected chi connectivity index (χ0v) is 16.0. The van der Waals surface area contributed by atoms with Gasteiger partial charge in [0.05, 0.1) is 12.5 Å². The van der Waals surface area contributed by atoms with Gasteiger partial charge in [-0.05, 0) is 24.6 Å². The summed E-state index contributed by atoms with van der Waals surface area (Å²) in [5.74, 6) is -0.389. The first-order chi connectivity index (χ1) is 13.5. The van der Waals surface area contributed by atoms with Crippen LogP contribution in [0.2, 0.25) is 5.02 Å². The molecular weight excluding hydrogens is 386 g/mol. The second-order valence-corrected chi connectivity index (χ2v) is 7.09. The number of anilines is 1. The molecule has 3 amide bonds. The van der Waals surface area contributed by atoms with Gasteiger partial charge in [0, 0.05) is 30.2 Å². The number of amidine groups is 1. The van der Waals surface area contributed by atoms with E-state index in [1.54, 1.807) is 29.2 Å². The van der Waals surface area contributed by atoms with Gasteiger partial charge in [0.1, 0.15) is 18.9 Å². The predicted octanol–water partition coefficient (Wildman–Crippen LogP) is 0.255. The SMILES string of the molecule is O=C(CN1N=C2CCC(C(=O)Nc3cccc(Cl)c3)CN2CC1=O)NCCO. The van der Waals surface area contributed by atoms with E-state index in [9.17, 15) is 14.4 Å². The molecule has 3 rings (SSSR count). The summed E-state index contributed by atoms with van der Waals surface area (Å²) in [7, 11) is 0. The molecule has 1 aromatic rings. The number of benzene rings is 1. The summed E-state index contributed by atoms with van der Waals surface area (Å²) in [5, 5.41) is 20.0. The van der Waals surface area contributed by atoms with Crippen LogP contribution in [-0.2, 0) is 14.4 Å². The smallest absolute Gasteiger partial charge is 0.262 e. The number of piperidine rings is 1. The van der Waals surface area contributed by atoms with E-state index in [1.807, 2.05) is 0 Å². The third-order valence-electron chi connectivity index (χ3n) is 4.56. The maximum Gasteiger partial charge on any atom is 0.262 e. The first-order valence-electron chi connectivity index (χ1n) is 9.03. The van der Waals surface area contributed by atoms with E-state index in [4.69, 9.17) is 16.7 Å². The van der Waals surface area contributed by atoms with Crippen molar-refractivity contribution in [2.75, 3.05) is 38.1 Å². The summed E-state index contributed by atoms with van der Waals surface area (Å²) in [5.41, 5.74) is 0.631. The van der Waals surface area contributed by atoms with Gasteiger partial charge in [-0.25, -0.2) is 5.01 Å². The Morgan fingerprint density at radius 1 is 1.36 bits per heavy atom. The van der Waals surface area contributed by atoms with E-state index in [0.29, 0.717) is 35.9 Å². The van der Waals surface area contributed by atoms with Crippen LogP contribution < -0.4 is 10.6 Å². The zero-order chi connectivity index (χ0) is 20.1. The van der Waals surface area contributed by atoms with Crippen molar-refractivity contribution in [3.63, 3.8) is 0 Å². The lowest BCUT2D eigenvalue weighted by Crippen LogP contribution is -2.54. The van der Waals surface area contributed by atoms with Crippen molar-refractivity contribution in [1.29, 1.82) is 0 Å². The van der Waals surface area contributed by atoms with Gasteiger partial charge in [-0.1, -0.05) is 17.7 Å². The molecule has 0 aliphatic carbocycles. The molecule has 0 aromatic heterocycles. The number of aliphatic hydroxyl groups is 1. The Kier molecular flexibility index (Phi) is 6.48. The second kappa shape index (κ2) is 9.03. The van der Waals surface area contributed by atoms with Gasteiger partial charge in [0.25, 0.3) is 5.91 Å². The van der Waals surface area contributed by atoms with Crippen LogP contribution in [0.25, 0.3) is 0 Å². The molecule has 1 fully saturated rings. The maximum atomic E-state index is 12.6. The maximum absolute atomic E-state index is 12.6. The van der Waals surface area contributed by atoms with E-state index in [0.717, 1.165) is 5.01 Å². The Morgan fingerprint density at radius 2 is 2.18 bits per heavy atom. The molecule has 0 spiro atoms. The number of rotatable bonds is 6. The number of nitrogens with zero attached hydrogens (tertiary/aromatic N) is 3. The van der Waals surface area contributed by atoms with E-state index in [-0.39, 0.29) is 49.9 Å². The summed E-state index contributed by atoms with van der Waals surface area (Å²) in [6, 6.07) is 6.94. The lowest BCUT2D eigenvalue weighted by molar-refractivity contribution is -0.138. The quantitative estimate of drug-likeness (QED) is 0.625. The number of hydrogen-bond donors (Lipinski definition) is 3. The number of hydrazone groups is 1. The number of halogens is 1. The average molecular weight is 408 g/mol. The topological polar surface area (TPSA) is 114 Å². The minimum atomic E-state index is -0.380. The molecule has 1 atom stereocenters. The van der Waals surface area contributed by atoms with Crippen LogP contribution in [0.4, 0.5) is 5.69 Å². The molecule has 1 unspecified atom stereocenters. The van der Waals surface area contributed by atoms with Gasteiger partial charge in [0.15, 0.2) is 0 Å². The second-order valence-electron chi connectivity index (χ2n) is 6.66. The van der Waals surface area contributed by atoms with Gasteiger partial charge in [0.2, 0.25) is 11.8 Å². The number of carbonyl (C=O) groups excluding carboxylic acids is 3. The number of nitrogens with one attached hydrogen (secondary N) is 2. The molecule has 2 heterocycles. The molecule has 0 radical (unpaired) electrons. The molecule has 9 nitrogen and oxygen atoms in total. The Hall–Kier alpha value is -2.65. The monoisotopic (exact) mass is 407 g/mol. The summed E-state index contributed by atoms with van der Waals surface area (Å²) in [4.78, 5) is 38.4. The standard InChI is InChI=1S/C18H22ClN5O4/c19-13-2-1-3-14(8-13)21-18(28)12-4-5-15-22-24(10-16(26)20-6-7-25)17(27)11-23(15)9-12/h1-3,8,12,25H,4-7,9-11H2,(H,20,26)(H,21,28). The van der Waals surface area contributed by atoms with Crippen LogP contribution in [0, 0.1) is 5.92 Å². The normalized spacial score (nSPS) is 19.0. The minimum Gasteiger partial charge on any atom is -0.395 e. The van der Waals surface area contributed by atoms with Crippen LogP contribution in [0.15, 0.2) is 29.4 Å². The molecule has 28 heavy (non-hydrogen) atoms. The van der Waals surface area contributed by atoms with Crippen LogP contribution in [-0.4, -0.2) is 71.4 Å². The van der Waals surface area contributed by atoms with E-state index < -0.39 is 0 Å². The number of amides is 3. The van der Waals surface area contributed by atoms with E-state index >= 15 is 0 Å². The lowest BCUT2D eigenvalue weighted by atomic mass is 9.95. The first-order valence-corrected chi connectivity index (χ1v) is 9.41. The molecule has 150 valence electrons. The molecule has 10 heteroatoms. The van der Waals surface area contributed by atoms with Crippen molar-refractivity contribution in [1.82, 2.24) is 15.2 Å². The summed E-state index contributed by atoms with van der Waals surface area (Å²) in [6.07, 6.45) is 1.14. The average Bonchev–Trinajstić information content (AvgIpc) is 2.66. The van der Waals surface area contributed by atoms with Crippen molar-refractivity contribution in [2.24, 2.45) is 11.0 Å². The van der Waals surface area contributed by atoms with Gasteiger partial charge in [-0.3, -0.25) is 14.4 Å². The van der Waals surface area contributed by atoms with Crippen LogP contribution in [0.1, 0.15) is 12.8 Å². The Labute approximate surface area is 167 Å². The van der Waals surface area contributed by atoms with Crippen LogP contribution >= 0.6 is 11.6 Å². The van der Waals surface area contributed by atoms with E-state index in [2.05, 4.69) is 15.7 Å². The Morgan fingerprint density at radius 3 is 2.93 bits per heavy atom. The highest BCUT2D eigenvalue weighted by atomic mass is 35.5. The number of carbonyl (C=O) groups is 3. The molecule has 3 N–H and O–H groups in total. The highest BCUT2D eigenvalue weighted by Crippen LogP contribution is 2.24. The Bertz CT molecular complexity index is 800. The third-order valence-corrected chi connectivity index (χ3v) is 4.80. The van der Waals surface area contributed by atoms with Crippen LogP contribution in [0.5, 0.6) is 0 Å². The molecule has 2 aliphatic heterocycles. The Balaban J connectivity index is 1.59. The highest BCUT2D eigenvalue weighted by Gasteiger charge is 2.35. The fourth-order valence-corrected chi connectivity index (χ4v) is 3.36. The fourth-order valence-electron chi connectivity index (χ4n) is 3.17. The molecule has 1 saturated heterocycles. The van der Waals surface area contributed by atoms with E-state index in [1.165, 1.54) is 0 Å². The highest BCUT2D eigenvalue weighted by molar-refractivity contribution is 6.30. The fraction of sp³-hybridized carbons (Fsp3) is 0.444. The molecule has 0 saturated carbocycles. The van der Waals surface area contributed by atoms with Gasteiger partial charge in [-0.2, -0.15) is 5.10 Å². The van der Waals surface area contributed by atoms with Crippen molar-refractivity contribution in [3.05, 3.63) is 29.3 Å². The largest absolute Gasteiger partial charge is 0.395 e. The number of hydrogen-bond acceptors (Lipinski definition) is 6. The van der Waals surface area contributed by atoms with Crippen LogP contribution in [0.3, 0.4) is 0 Å². The lowest BCUT2D eigenvalue weighted by Gasteiger charge is -2.38. The van der Waals surface area contributed by atoms with Crippen molar-refractivity contribution in [2.45, 2.75) is 12.8 Å². The van der Waals surface area contributed by atoms with Gasteiger partial charge in [-0.15, -0.1) is 0 Å². The molecule has 0 bridgehead atoms. The molecule has 2 aliphatic rings. The molecule has 1 aromatic carbocycles. The summed E-state index contributed by atoms with van der Waals surface area (Å²) >= 11 is 5.94. The third kappa shape index (κ3) is 4.99. The van der Waals surface area contributed by atoms with Gasteiger partial charge >= 0.3 is 0 Å². The molecular formula is C18H22ClN5O4. The van der Waals surface area contributed by atoms with Crippen molar-refractivity contribution >= 4 is 40.8 Å². The van der Waals surface area contributed by atoms with Gasteiger partial charge < -0.3 is 20.6 Å². The van der Waals surface area contributed by atoms with Crippen molar-refractivity contribution in [3.8, 4) is 0 Å². The zero-order valence-electron chi connectivity index (χ0n) is 15.2. The minimum absolute atomic E-state index is 0.0764. The number of fused-ring (bicyclic) bond motifs is 1.